The highest BCUT2D eigenvalue weighted by Crippen LogP contribution is 2.27. The molecule has 0 spiro atoms. The zero-order valence-corrected chi connectivity index (χ0v) is 13.0. The highest BCUT2D eigenvalue weighted by Gasteiger charge is 2.20. The molecule has 0 saturated heterocycles. The van der Waals surface area contributed by atoms with Gasteiger partial charge in [0.15, 0.2) is 6.10 Å². The summed E-state index contributed by atoms with van der Waals surface area (Å²) in [6.07, 6.45) is 1.85. The van der Waals surface area contributed by atoms with Crippen LogP contribution in [0.15, 0.2) is 18.2 Å². The average Bonchev–Trinajstić information content (AvgIpc) is 2.47. The Morgan fingerprint density at radius 1 is 1.38 bits per heavy atom. The molecule has 1 rings (SSSR count). The molecule has 0 aliphatic rings. The standard InChI is InChI=1S/C16H25NO4/c1-4-6-14(16(18)19)21-15-10-13(20-3)8-7-11(15)9-12(17)5-2/h7-8,10,12,14H,4-6,9,17H2,1-3H3,(H,18,19). The molecular formula is C16H25NO4. The van der Waals surface area contributed by atoms with E-state index in [2.05, 4.69) is 0 Å². The summed E-state index contributed by atoms with van der Waals surface area (Å²) >= 11 is 0. The van der Waals surface area contributed by atoms with E-state index in [9.17, 15) is 9.90 Å². The first-order valence-corrected chi connectivity index (χ1v) is 7.33. The minimum Gasteiger partial charge on any atom is -0.497 e. The summed E-state index contributed by atoms with van der Waals surface area (Å²) < 4.78 is 10.9. The van der Waals surface area contributed by atoms with Gasteiger partial charge >= 0.3 is 5.97 Å². The molecule has 0 bridgehead atoms. The fraction of sp³-hybridized carbons (Fsp3) is 0.562. The Balaban J connectivity index is 3.01. The van der Waals surface area contributed by atoms with E-state index in [-0.39, 0.29) is 6.04 Å². The average molecular weight is 295 g/mol. The van der Waals surface area contributed by atoms with Gasteiger partial charge in [-0.15, -0.1) is 0 Å². The lowest BCUT2D eigenvalue weighted by atomic mass is 10.0. The minimum atomic E-state index is -0.953. The zero-order chi connectivity index (χ0) is 15.8. The van der Waals surface area contributed by atoms with Crippen molar-refractivity contribution in [2.45, 2.75) is 51.7 Å². The SMILES string of the molecule is CCCC(Oc1cc(OC)ccc1CC(N)CC)C(=O)O. The van der Waals surface area contributed by atoms with Crippen molar-refractivity contribution in [2.75, 3.05) is 7.11 Å². The summed E-state index contributed by atoms with van der Waals surface area (Å²) in [5.41, 5.74) is 6.90. The first-order valence-electron chi connectivity index (χ1n) is 7.33. The van der Waals surface area contributed by atoms with Gasteiger partial charge in [0.2, 0.25) is 0 Å². The number of carboxylic acid groups (broad SMARTS) is 1. The second-order valence-electron chi connectivity index (χ2n) is 5.08. The van der Waals surface area contributed by atoms with Crippen molar-refractivity contribution in [3.63, 3.8) is 0 Å². The number of carbonyl (C=O) groups is 1. The molecule has 0 saturated carbocycles. The number of benzene rings is 1. The molecule has 2 unspecified atom stereocenters. The molecule has 118 valence electrons. The molecule has 0 radical (unpaired) electrons. The Morgan fingerprint density at radius 2 is 2.10 bits per heavy atom. The van der Waals surface area contributed by atoms with Gasteiger partial charge in [0.05, 0.1) is 7.11 Å². The van der Waals surface area contributed by atoms with Crippen LogP contribution in [0.4, 0.5) is 0 Å². The van der Waals surface area contributed by atoms with Gasteiger partial charge in [-0.25, -0.2) is 4.79 Å². The molecule has 0 aromatic heterocycles. The lowest BCUT2D eigenvalue weighted by Crippen LogP contribution is -2.28. The fourth-order valence-corrected chi connectivity index (χ4v) is 2.02. The van der Waals surface area contributed by atoms with Crippen LogP contribution in [0.25, 0.3) is 0 Å². The van der Waals surface area contributed by atoms with Gasteiger partial charge in [0.25, 0.3) is 0 Å². The minimum absolute atomic E-state index is 0.0233. The van der Waals surface area contributed by atoms with Crippen LogP contribution in [-0.2, 0) is 11.2 Å². The first kappa shape index (κ1) is 17.3. The van der Waals surface area contributed by atoms with E-state index in [1.165, 1.54) is 0 Å². The molecule has 2 atom stereocenters. The van der Waals surface area contributed by atoms with E-state index in [1.807, 2.05) is 26.0 Å². The summed E-state index contributed by atoms with van der Waals surface area (Å²) in [5.74, 6) is 0.226. The summed E-state index contributed by atoms with van der Waals surface area (Å²) in [5, 5.41) is 9.23. The van der Waals surface area contributed by atoms with Crippen LogP contribution in [-0.4, -0.2) is 30.3 Å². The van der Waals surface area contributed by atoms with E-state index < -0.39 is 12.1 Å². The highest BCUT2D eigenvalue weighted by molar-refractivity contribution is 5.72. The van der Waals surface area contributed by atoms with Crippen molar-refractivity contribution < 1.29 is 19.4 Å². The number of hydrogen-bond donors (Lipinski definition) is 2. The smallest absolute Gasteiger partial charge is 0.344 e. The quantitative estimate of drug-likeness (QED) is 0.732. The maximum atomic E-state index is 11.3. The summed E-state index contributed by atoms with van der Waals surface area (Å²) in [4.78, 5) is 11.3. The van der Waals surface area contributed by atoms with Crippen molar-refractivity contribution in [3.05, 3.63) is 23.8 Å². The Hall–Kier alpha value is -1.75. The maximum Gasteiger partial charge on any atom is 0.344 e. The molecule has 1 aromatic carbocycles. The molecule has 0 aliphatic heterocycles. The maximum absolute atomic E-state index is 11.3. The molecular weight excluding hydrogens is 270 g/mol. The zero-order valence-electron chi connectivity index (χ0n) is 13.0. The van der Waals surface area contributed by atoms with Crippen LogP contribution in [0.1, 0.15) is 38.7 Å². The lowest BCUT2D eigenvalue weighted by Gasteiger charge is -2.19. The van der Waals surface area contributed by atoms with Gasteiger partial charge in [-0.1, -0.05) is 26.3 Å². The molecule has 21 heavy (non-hydrogen) atoms. The molecule has 0 aliphatic carbocycles. The molecule has 0 amide bonds. The Bertz CT molecular complexity index is 462. The number of aliphatic carboxylic acids is 1. The van der Waals surface area contributed by atoms with Crippen LogP contribution >= 0.6 is 0 Å². The van der Waals surface area contributed by atoms with Crippen LogP contribution < -0.4 is 15.2 Å². The number of hydrogen-bond acceptors (Lipinski definition) is 4. The Labute approximate surface area is 126 Å². The van der Waals surface area contributed by atoms with Gasteiger partial charge in [-0.2, -0.15) is 0 Å². The van der Waals surface area contributed by atoms with Crippen LogP contribution in [0.3, 0.4) is 0 Å². The molecule has 3 N–H and O–H groups in total. The number of methoxy groups -OCH3 is 1. The van der Waals surface area contributed by atoms with Crippen LogP contribution in [0.5, 0.6) is 11.5 Å². The van der Waals surface area contributed by atoms with Gasteiger partial charge < -0.3 is 20.3 Å². The normalized spacial score (nSPS) is 13.5. The molecule has 0 fully saturated rings. The third kappa shape index (κ3) is 5.27. The van der Waals surface area contributed by atoms with E-state index in [0.717, 1.165) is 18.4 Å². The topological polar surface area (TPSA) is 81.8 Å². The lowest BCUT2D eigenvalue weighted by molar-refractivity contribution is -0.145. The van der Waals surface area contributed by atoms with E-state index in [0.29, 0.717) is 24.3 Å². The van der Waals surface area contributed by atoms with Crippen molar-refractivity contribution in [1.82, 2.24) is 0 Å². The molecule has 0 heterocycles. The summed E-state index contributed by atoms with van der Waals surface area (Å²) in [7, 11) is 1.57. The second-order valence-corrected chi connectivity index (χ2v) is 5.08. The predicted octanol–water partition coefficient (Wildman–Crippen LogP) is 2.61. The number of ether oxygens (including phenoxy) is 2. The van der Waals surface area contributed by atoms with Gasteiger partial charge in [0, 0.05) is 12.1 Å². The molecule has 1 aromatic rings. The van der Waals surface area contributed by atoms with Crippen LogP contribution in [0.2, 0.25) is 0 Å². The first-order chi connectivity index (χ1) is 10.0. The third-order valence-electron chi connectivity index (χ3n) is 3.38. The van der Waals surface area contributed by atoms with Gasteiger partial charge in [-0.05, 0) is 30.9 Å². The number of nitrogens with two attached hydrogens (primary N) is 1. The van der Waals surface area contributed by atoms with Gasteiger partial charge in [0.1, 0.15) is 11.5 Å². The Morgan fingerprint density at radius 3 is 2.62 bits per heavy atom. The van der Waals surface area contributed by atoms with Crippen molar-refractivity contribution in [3.8, 4) is 11.5 Å². The predicted molar refractivity (Wildman–Crippen MR) is 81.9 cm³/mol. The van der Waals surface area contributed by atoms with Crippen molar-refractivity contribution in [2.24, 2.45) is 5.73 Å². The fourth-order valence-electron chi connectivity index (χ4n) is 2.02. The largest absolute Gasteiger partial charge is 0.497 e. The van der Waals surface area contributed by atoms with Crippen molar-refractivity contribution in [1.29, 1.82) is 0 Å². The van der Waals surface area contributed by atoms with Crippen LogP contribution in [0, 0.1) is 0 Å². The van der Waals surface area contributed by atoms with Crippen molar-refractivity contribution >= 4 is 5.97 Å². The highest BCUT2D eigenvalue weighted by atomic mass is 16.5. The summed E-state index contributed by atoms with van der Waals surface area (Å²) in [6.45, 7) is 3.95. The number of rotatable bonds is 9. The molecule has 5 heteroatoms. The molecule has 5 nitrogen and oxygen atoms in total. The van der Waals surface area contributed by atoms with E-state index in [4.69, 9.17) is 15.2 Å². The monoisotopic (exact) mass is 295 g/mol. The van der Waals surface area contributed by atoms with E-state index >= 15 is 0 Å². The summed E-state index contributed by atoms with van der Waals surface area (Å²) in [6, 6.07) is 5.47. The third-order valence-corrected chi connectivity index (χ3v) is 3.38. The Kier molecular flexibility index (Phi) is 7.02. The van der Waals surface area contributed by atoms with Gasteiger partial charge in [-0.3, -0.25) is 0 Å². The van der Waals surface area contributed by atoms with E-state index in [1.54, 1.807) is 13.2 Å². The number of carboxylic acids is 1. The second kappa shape index (κ2) is 8.52.